The zero-order valence-electron chi connectivity index (χ0n) is 11.2. The van der Waals surface area contributed by atoms with E-state index in [9.17, 15) is 4.79 Å². The molecule has 1 N–H and O–H groups in total. The van der Waals surface area contributed by atoms with Crippen molar-refractivity contribution in [1.82, 2.24) is 10.5 Å². The fraction of sp³-hybridized carbons (Fsp3) is 0.286. The van der Waals surface area contributed by atoms with E-state index in [4.69, 9.17) is 9.26 Å². The molecule has 0 saturated carbocycles. The summed E-state index contributed by atoms with van der Waals surface area (Å²) in [6.07, 6.45) is 0. The van der Waals surface area contributed by atoms with Gasteiger partial charge in [-0.2, -0.15) is 0 Å². The summed E-state index contributed by atoms with van der Waals surface area (Å²) < 4.78 is 10.7. The predicted octanol–water partition coefficient (Wildman–Crippen LogP) is 2.23. The topological polar surface area (TPSA) is 64.4 Å². The van der Waals surface area contributed by atoms with Gasteiger partial charge in [-0.3, -0.25) is 4.79 Å². The summed E-state index contributed by atoms with van der Waals surface area (Å²) in [7, 11) is 1.60. The van der Waals surface area contributed by atoms with Gasteiger partial charge in [-0.1, -0.05) is 11.2 Å². The van der Waals surface area contributed by atoms with E-state index in [-0.39, 0.29) is 5.91 Å². The third-order valence-corrected chi connectivity index (χ3v) is 2.89. The molecule has 0 radical (unpaired) electrons. The molecule has 1 aromatic carbocycles. The number of nitrogens with zero attached hydrogens (tertiary/aromatic N) is 1. The van der Waals surface area contributed by atoms with Crippen LogP contribution in [0.2, 0.25) is 0 Å². The highest BCUT2D eigenvalue weighted by Gasteiger charge is 2.10. The Hall–Kier alpha value is -2.30. The predicted molar refractivity (Wildman–Crippen MR) is 70.1 cm³/mol. The molecule has 2 aromatic rings. The van der Waals surface area contributed by atoms with E-state index in [0.717, 1.165) is 17.0 Å². The van der Waals surface area contributed by atoms with Crippen LogP contribution in [0, 0.1) is 13.8 Å². The van der Waals surface area contributed by atoms with Crippen molar-refractivity contribution in [2.75, 3.05) is 7.05 Å². The van der Waals surface area contributed by atoms with Crippen molar-refractivity contribution in [3.63, 3.8) is 0 Å². The minimum Gasteiger partial charge on any atom is -0.489 e. The second kappa shape index (κ2) is 5.56. The highest BCUT2D eigenvalue weighted by atomic mass is 16.5. The van der Waals surface area contributed by atoms with E-state index in [2.05, 4.69) is 10.5 Å². The number of ether oxygens (including phenoxy) is 1. The Bertz CT molecular complexity index is 571. The Morgan fingerprint density at radius 1 is 1.42 bits per heavy atom. The Balaban J connectivity index is 2.10. The van der Waals surface area contributed by atoms with Gasteiger partial charge in [-0.15, -0.1) is 0 Å². The first-order valence-electron chi connectivity index (χ1n) is 5.98. The number of aryl methyl sites for hydroxylation is 2. The summed E-state index contributed by atoms with van der Waals surface area (Å²) in [6, 6.07) is 7.04. The molecule has 0 saturated heterocycles. The lowest BCUT2D eigenvalue weighted by molar-refractivity contribution is 0.0962. The molecule has 1 aromatic heterocycles. The van der Waals surface area contributed by atoms with Crippen LogP contribution < -0.4 is 10.1 Å². The maximum Gasteiger partial charge on any atom is 0.251 e. The molecule has 0 aliphatic rings. The molecule has 19 heavy (non-hydrogen) atoms. The fourth-order valence-electron chi connectivity index (χ4n) is 1.73. The lowest BCUT2D eigenvalue weighted by Crippen LogP contribution is -2.17. The minimum absolute atomic E-state index is 0.136. The standard InChI is InChI=1S/C14H16N2O3/c1-9-13(10(2)19-16-9)8-18-12-6-4-5-11(7-12)14(17)15-3/h4-7H,8H2,1-3H3,(H,15,17). The zero-order chi connectivity index (χ0) is 13.8. The molecule has 1 heterocycles. The van der Waals surface area contributed by atoms with Gasteiger partial charge in [0, 0.05) is 12.6 Å². The van der Waals surface area contributed by atoms with Gasteiger partial charge in [0.15, 0.2) is 0 Å². The fourth-order valence-corrected chi connectivity index (χ4v) is 1.73. The van der Waals surface area contributed by atoms with E-state index < -0.39 is 0 Å². The van der Waals surface area contributed by atoms with E-state index in [1.807, 2.05) is 19.9 Å². The van der Waals surface area contributed by atoms with Crippen LogP contribution in [0.5, 0.6) is 5.75 Å². The molecule has 1 amide bonds. The van der Waals surface area contributed by atoms with Crippen LogP contribution in [0.4, 0.5) is 0 Å². The molecule has 0 atom stereocenters. The Labute approximate surface area is 111 Å². The largest absolute Gasteiger partial charge is 0.489 e. The minimum atomic E-state index is -0.136. The van der Waals surface area contributed by atoms with Gasteiger partial charge in [0.1, 0.15) is 18.1 Å². The van der Waals surface area contributed by atoms with Crippen LogP contribution in [0.15, 0.2) is 28.8 Å². The van der Waals surface area contributed by atoms with Crippen LogP contribution in [0.25, 0.3) is 0 Å². The molecule has 0 unspecified atom stereocenters. The molecule has 0 bridgehead atoms. The molecule has 0 aliphatic carbocycles. The van der Waals surface area contributed by atoms with E-state index in [1.165, 1.54) is 0 Å². The average molecular weight is 260 g/mol. The molecule has 2 rings (SSSR count). The van der Waals surface area contributed by atoms with Gasteiger partial charge in [-0.05, 0) is 32.0 Å². The summed E-state index contributed by atoms with van der Waals surface area (Å²) in [6.45, 7) is 4.09. The van der Waals surface area contributed by atoms with Crippen LogP contribution in [0.1, 0.15) is 27.4 Å². The molecular weight excluding hydrogens is 244 g/mol. The number of rotatable bonds is 4. The van der Waals surface area contributed by atoms with Crippen LogP contribution in [-0.2, 0) is 6.61 Å². The van der Waals surface area contributed by atoms with Crippen LogP contribution in [-0.4, -0.2) is 18.1 Å². The van der Waals surface area contributed by atoms with Crippen LogP contribution in [0.3, 0.4) is 0 Å². The van der Waals surface area contributed by atoms with Crippen molar-refractivity contribution in [1.29, 1.82) is 0 Å². The average Bonchev–Trinajstić information content (AvgIpc) is 2.75. The molecule has 0 spiro atoms. The lowest BCUT2D eigenvalue weighted by atomic mass is 10.2. The Kier molecular flexibility index (Phi) is 3.85. The Morgan fingerprint density at radius 2 is 2.21 bits per heavy atom. The van der Waals surface area contributed by atoms with Crippen molar-refractivity contribution in [2.45, 2.75) is 20.5 Å². The number of amides is 1. The van der Waals surface area contributed by atoms with Gasteiger partial charge in [0.25, 0.3) is 5.91 Å². The van der Waals surface area contributed by atoms with Gasteiger partial charge >= 0.3 is 0 Å². The molecule has 5 nitrogen and oxygen atoms in total. The number of aromatic nitrogens is 1. The third-order valence-electron chi connectivity index (χ3n) is 2.89. The summed E-state index contributed by atoms with van der Waals surface area (Å²) in [5.74, 6) is 1.25. The van der Waals surface area contributed by atoms with Crippen molar-refractivity contribution in [2.24, 2.45) is 0 Å². The first-order chi connectivity index (χ1) is 9.11. The molecule has 5 heteroatoms. The monoisotopic (exact) mass is 260 g/mol. The van der Waals surface area contributed by atoms with Gasteiger partial charge in [0.05, 0.1) is 11.3 Å². The Morgan fingerprint density at radius 3 is 2.84 bits per heavy atom. The highest BCUT2D eigenvalue weighted by Crippen LogP contribution is 2.18. The van der Waals surface area contributed by atoms with E-state index in [1.54, 1.807) is 25.2 Å². The number of hydrogen-bond acceptors (Lipinski definition) is 4. The number of carbonyl (C=O) groups excluding carboxylic acids is 1. The third kappa shape index (κ3) is 2.93. The first-order valence-corrected chi connectivity index (χ1v) is 5.98. The number of nitrogens with one attached hydrogen (secondary N) is 1. The molecule has 100 valence electrons. The maximum atomic E-state index is 11.5. The molecule has 0 fully saturated rings. The number of hydrogen-bond donors (Lipinski definition) is 1. The van der Waals surface area contributed by atoms with Crippen molar-refractivity contribution < 1.29 is 14.1 Å². The first kappa shape index (κ1) is 13.1. The van der Waals surface area contributed by atoms with Gasteiger partial charge in [-0.25, -0.2) is 0 Å². The lowest BCUT2D eigenvalue weighted by Gasteiger charge is -2.07. The van der Waals surface area contributed by atoms with Crippen LogP contribution >= 0.6 is 0 Å². The summed E-state index contributed by atoms with van der Waals surface area (Å²) in [5, 5.41) is 6.45. The second-order valence-corrected chi connectivity index (χ2v) is 4.20. The SMILES string of the molecule is CNC(=O)c1cccc(OCc2c(C)noc2C)c1. The van der Waals surface area contributed by atoms with E-state index in [0.29, 0.717) is 17.9 Å². The second-order valence-electron chi connectivity index (χ2n) is 4.20. The molecule has 0 aliphatic heterocycles. The normalized spacial score (nSPS) is 10.3. The van der Waals surface area contributed by atoms with Crippen molar-refractivity contribution >= 4 is 5.91 Å². The van der Waals surface area contributed by atoms with E-state index >= 15 is 0 Å². The van der Waals surface area contributed by atoms with Gasteiger partial charge < -0.3 is 14.6 Å². The number of benzene rings is 1. The summed E-state index contributed by atoms with van der Waals surface area (Å²) in [5.41, 5.74) is 2.32. The maximum absolute atomic E-state index is 11.5. The zero-order valence-corrected chi connectivity index (χ0v) is 11.2. The summed E-state index contributed by atoms with van der Waals surface area (Å²) in [4.78, 5) is 11.5. The van der Waals surface area contributed by atoms with Crippen molar-refractivity contribution in [3.8, 4) is 5.75 Å². The van der Waals surface area contributed by atoms with Crippen molar-refractivity contribution in [3.05, 3.63) is 46.8 Å². The summed E-state index contributed by atoms with van der Waals surface area (Å²) >= 11 is 0. The smallest absolute Gasteiger partial charge is 0.251 e. The molecular formula is C14H16N2O3. The quantitative estimate of drug-likeness (QED) is 0.915. The highest BCUT2D eigenvalue weighted by molar-refractivity contribution is 5.94. The van der Waals surface area contributed by atoms with Gasteiger partial charge in [0.2, 0.25) is 0 Å². The number of carbonyl (C=O) groups is 1.